The van der Waals surface area contributed by atoms with Crippen molar-refractivity contribution in [3.63, 3.8) is 0 Å². The Morgan fingerprint density at radius 1 is 1.21 bits per heavy atom. The molecule has 0 aromatic carbocycles. The number of fused-ring (bicyclic) bond motifs is 5. The fourth-order valence-corrected chi connectivity index (χ4v) is 8.10. The van der Waals surface area contributed by atoms with Crippen molar-refractivity contribution in [2.24, 2.45) is 40.4 Å². The highest BCUT2D eigenvalue weighted by Crippen LogP contribution is 2.67. The predicted octanol–water partition coefficient (Wildman–Crippen LogP) is 4.96. The first-order chi connectivity index (χ1) is 13.6. The van der Waals surface area contributed by atoms with Gasteiger partial charge in [0.25, 0.3) is 0 Å². The van der Waals surface area contributed by atoms with Crippen LogP contribution in [0.3, 0.4) is 0 Å². The molecule has 0 bridgehead atoms. The van der Waals surface area contributed by atoms with E-state index in [9.17, 15) is 9.59 Å². The SMILES string of the molecule is COC(C)OC1C[C@@]2(C)C(=CC1=O)[C@@H](C)C[C@H]1[C@@H]3CC[C@H](C(C)=O)[C@@]3(C)CC[C@@H]12. The Morgan fingerprint density at radius 3 is 2.59 bits per heavy atom. The van der Waals surface area contributed by atoms with Crippen molar-refractivity contribution >= 4 is 11.6 Å². The molecule has 29 heavy (non-hydrogen) atoms. The van der Waals surface area contributed by atoms with Crippen LogP contribution in [-0.4, -0.2) is 31.1 Å². The van der Waals surface area contributed by atoms with Gasteiger partial charge in [0.1, 0.15) is 11.9 Å². The van der Waals surface area contributed by atoms with E-state index in [4.69, 9.17) is 9.47 Å². The summed E-state index contributed by atoms with van der Waals surface area (Å²) in [7, 11) is 1.62. The van der Waals surface area contributed by atoms with E-state index in [1.807, 2.05) is 13.0 Å². The summed E-state index contributed by atoms with van der Waals surface area (Å²) in [4.78, 5) is 25.2. The number of methoxy groups -OCH3 is 1. The molecule has 4 aliphatic rings. The van der Waals surface area contributed by atoms with Crippen molar-refractivity contribution in [2.45, 2.75) is 85.5 Å². The van der Waals surface area contributed by atoms with Gasteiger partial charge in [-0.05, 0) is 93.0 Å². The van der Waals surface area contributed by atoms with Crippen LogP contribution in [0.4, 0.5) is 0 Å². The molecule has 4 heteroatoms. The Balaban J connectivity index is 1.66. The molecule has 4 rings (SSSR count). The van der Waals surface area contributed by atoms with E-state index < -0.39 is 6.10 Å². The average Bonchev–Trinajstić information content (AvgIpc) is 3.01. The van der Waals surface area contributed by atoms with Gasteiger partial charge in [-0.15, -0.1) is 0 Å². The van der Waals surface area contributed by atoms with Crippen molar-refractivity contribution < 1.29 is 19.1 Å². The van der Waals surface area contributed by atoms with Crippen LogP contribution < -0.4 is 0 Å². The van der Waals surface area contributed by atoms with Crippen LogP contribution in [0.1, 0.15) is 73.1 Å². The van der Waals surface area contributed by atoms with Gasteiger partial charge >= 0.3 is 0 Å². The van der Waals surface area contributed by atoms with Gasteiger partial charge in [-0.25, -0.2) is 0 Å². The van der Waals surface area contributed by atoms with Crippen LogP contribution in [0, 0.1) is 40.4 Å². The molecule has 0 radical (unpaired) electrons. The Kier molecular flexibility index (Phi) is 5.35. The fourth-order valence-electron chi connectivity index (χ4n) is 8.10. The molecule has 0 aromatic heterocycles. The molecule has 9 atom stereocenters. The minimum absolute atomic E-state index is 0.00398. The van der Waals surface area contributed by atoms with Gasteiger partial charge in [0.05, 0.1) is 0 Å². The summed E-state index contributed by atoms with van der Waals surface area (Å²) in [6.07, 6.45) is 7.58. The first kappa shape index (κ1) is 21.2. The number of rotatable bonds is 4. The van der Waals surface area contributed by atoms with Crippen molar-refractivity contribution in [1.29, 1.82) is 0 Å². The van der Waals surface area contributed by atoms with Gasteiger partial charge in [0.15, 0.2) is 12.1 Å². The summed E-state index contributed by atoms with van der Waals surface area (Å²) in [6, 6.07) is 0. The van der Waals surface area contributed by atoms with Gasteiger partial charge in [0, 0.05) is 13.0 Å². The molecule has 4 nitrogen and oxygen atoms in total. The second-order valence-electron chi connectivity index (χ2n) is 10.9. The highest BCUT2D eigenvalue weighted by atomic mass is 16.7. The van der Waals surface area contributed by atoms with Crippen LogP contribution in [0.25, 0.3) is 0 Å². The largest absolute Gasteiger partial charge is 0.356 e. The minimum Gasteiger partial charge on any atom is -0.356 e. The van der Waals surface area contributed by atoms with E-state index in [1.165, 1.54) is 12.0 Å². The summed E-state index contributed by atoms with van der Waals surface area (Å²) >= 11 is 0. The van der Waals surface area contributed by atoms with E-state index in [0.717, 1.165) is 32.1 Å². The smallest absolute Gasteiger partial charge is 0.184 e. The molecule has 0 aliphatic heterocycles. The summed E-state index contributed by atoms with van der Waals surface area (Å²) in [5.41, 5.74) is 1.51. The number of Topliss-reactive ketones (excluding diaryl/α,β-unsaturated/α-hetero) is 1. The first-order valence-corrected chi connectivity index (χ1v) is 11.6. The minimum atomic E-state index is -0.411. The van der Waals surface area contributed by atoms with Gasteiger partial charge < -0.3 is 9.47 Å². The third kappa shape index (κ3) is 3.17. The van der Waals surface area contributed by atoms with Crippen molar-refractivity contribution in [2.75, 3.05) is 7.11 Å². The number of allylic oxidation sites excluding steroid dienone is 1. The Hall–Kier alpha value is -1.00. The van der Waals surface area contributed by atoms with Gasteiger partial charge in [0.2, 0.25) is 0 Å². The van der Waals surface area contributed by atoms with E-state index in [0.29, 0.717) is 29.5 Å². The lowest BCUT2D eigenvalue weighted by Gasteiger charge is -2.60. The van der Waals surface area contributed by atoms with Gasteiger partial charge in [-0.2, -0.15) is 0 Å². The maximum Gasteiger partial charge on any atom is 0.184 e. The molecule has 0 spiro atoms. The van der Waals surface area contributed by atoms with E-state index >= 15 is 0 Å². The summed E-state index contributed by atoms with van der Waals surface area (Å²) in [5.74, 6) is 2.99. The van der Waals surface area contributed by atoms with E-state index in [1.54, 1.807) is 14.0 Å². The standard InChI is InChI=1S/C25H38O4/c1-14-11-17-19-8-7-18(15(2)26)24(19,4)10-9-20(17)25(5)13-23(29-16(3)28-6)22(27)12-21(14)25/h12,14,16-20,23H,7-11,13H2,1-6H3/t14-,16?,17-,18+,19-,20-,23?,24+,25+/m0/s1. The summed E-state index contributed by atoms with van der Waals surface area (Å²) in [5, 5.41) is 0. The Labute approximate surface area is 175 Å². The van der Waals surface area contributed by atoms with Crippen molar-refractivity contribution in [3.8, 4) is 0 Å². The molecule has 162 valence electrons. The normalized spacial score (nSPS) is 47.7. The molecule has 4 aliphatic carbocycles. The molecule has 0 aromatic rings. The zero-order valence-corrected chi connectivity index (χ0v) is 19.0. The zero-order chi connectivity index (χ0) is 21.1. The van der Waals surface area contributed by atoms with E-state index in [2.05, 4.69) is 20.8 Å². The predicted molar refractivity (Wildman–Crippen MR) is 112 cm³/mol. The molecule has 0 heterocycles. The molecule has 0 saturated heterocycles. The topological polar surface area (TPSA) is 52.6 Å². The van der Waals surface area contributed by atoms with E-state index in [-0.39, 0.29) is 28.8 Å². The molecule has 0 N–H and O–H groups in total. The lowest BCUT2D eigenvalue weighted by molar-refractivity contribution is -0.171. The molecule has 3 saturated carbocycles. The number of carbonyl (C=O) groups excluding carboxylic acids is 2. The Morgan fingerprint density at radius 2 is 1.93 bits per heavy atom. The number of ether oxygens (including phenoxy) is 2. The Bertz CT molecular complexity index is 726. The maximum atomic E-state index is 12.8. The van der Waals surface area contributed by atoms with Gasteiger partial charge in [-0.3, -0.25) is 9.59 Å². The van der Waals surface area contributed by atoms with Crippen LogP contribution in [-0.2, 0) is 19.1 Å². The number of carbonyl (C=O) groups is 2. The molecule has 3 fully saturated rings. The number of ketones is 2. The summed E-state index contributed by atoms with van der Waals surface area (Å²) in [6.45, 7) is 10.7. The first-order valence-electron chi connectivity index (χ1n) is 11.6. The third-order valence-corrected chi connectivity index (χ3v) is 9.47. The van der Waals surface area contributed by atoms with Crippen LogP contribution >= 0.6 is 0 Å². The van der Waals surface area contributed by atoms with Crippen LogP contribution in [0.5, 0.6) is 0 Å². The van der Waals surface area contributed by atoms with Crippen molar-refractivity contribution in [1.82, 2.24) is 0 Å². The molecule has 0 amide bonds. The second kappa shape index (κ2) is 7.30. The summed E-state index contributed by atoms with van der Waals surface area (Å²) < 4.78 is 11.3. The quantitative estimate of drug-likeness (QED) is 0.624. The van der Waals surface area contributed by atoms with Crippen LogP contribution in [0.15, 0.2) is 11.6 Å². The molecule has 2 unspecified atom stereocenters. The van der Waals surface area contributed by atoms with Gasteiger partial charge in [-0.1, -0.05) is 26.3 Å². The second-order valence-corrected chi connectivity index (χ2v) is 10.9. The van der Waals surface area contributed by atoms with Crippen molar-refractivity contribution in [3.05, 3.63) is 11.6 Å². The lowest BCUT2D eigenvalue weighted by atomic mass is 9.45. The highest BCUT2D eigenvalue weighted by Gasteiger charge is 2.61. The molecular weight excluding hydrogens is 364 g/mol. The van der Waals surface area contributed by atoms with Crippen LogP contribution in [0.2, 0.25) is 0 Å². The zero-order valence-electron chi connectivity index (χ0n) is 19.0. The average molecular weight is 403 g/mol. The number of hydrogen-bond donors (Lipinski definition) is 0. The number of hydrogen-bond acceptors (Lipinski definition) is 4. The third-order valence-electron chi connectivity index (χ3n) is 9.47. The highest BCUT2D eigenvalue weighted by molar-refractivity contribution is 5.95. The lowest BCUT2D eigenvalue weighted by Crippen LogP contribution is -2.54. The monoisotopic (exact) mass is 402 g/mol. The maximum absolute atomic E-state index is 12.8. The molecular formula is C25H38O4. The fraction of sp³-hybridized carbons (Fsp3) is 0.840.